The molecule has 1 amide bonds. The maximum absolute atomic E-state index is 13.9. The molecule has 1 aliphatic heterocycles. The molecule has 1 atom stereocenters. The number of carbonyl (C=O) groups is 1. The molecule has 9 nitrogen and oxygen atoms in total. The highest BCUT2D eigenvalue weighted by Gasteiger charge is 2.33. The van der Waals surface area contributed by atoms with Gasteiger partial charge in [0.05, 0.1) is 36.1 Å². The van der Waals surface area contributed by atoms with Crippen molar-refractivity contribution in [2.45, 2.75) is 13.0 Å². The number of phenolic OH excluding ortho intramolecular Hbond substituents is 2. The number of phenols is 2. The molecule has 3 N–H and O–H groups in total. The van der Waals surface area contributed by atoms with Gasteiger partial charge in [-0.15, -0.1) is 0 Å². The highest BCUT2D eigenvalue weighted by molar-refractivity contribution is 9.10. The summed E-state index contributed by atoms with van der Waals surface area (Å²) in [4.78, 5) is 32.6. The summed E-state index contributed by atoms with van der Waals surface area (Å²) in [5, 5.41) is 23.8. The Morgan fingerprint density at radius 2 is 1.80 bits per heavy atom. The first-order valence-corrected chi connectivity index (χ1v) is 13.6. The van der Waals surface area contributed by atoms with E-state index in [4.69, 9.17) is 9.47 Å². The number of fused-ring (bicyclic) bond motifs is 1. The van der Waals surface area contributed by atoms with Crippen LogP contribution in [0, 0.1) is 0 Å². The van der Waals surface area contributed by atoms with Gasteiger partial charge in [-0.05, 0) is 55.0 Å². The van der Waals surface area contributed by atoms with Crippen LogP contribution in [0.3, 0.4) is 0 Å². The lowest BCUT2D eigenvalue weighted by molar-refractivity contribution is -0.113. The van der Waals surface area contributed by atoms with Crippen LogP contribution in [-0.2, 0) is 4.79 Å². The number of methoxy groups -OCH3 is 2. The first-order chi connectivity index (χ1) is 19.2. The summed E-state index contributed by atoms with van der Waals surface area (Å²) in [7, 11) is 2.86. The Morgan fingerprint density at radius 3 is 2.50 bits per heavy atom. The number of carbonyl (C=O) groups excluding carboxylic acids is 1. The maximum Gasteiger partial charge on any atom is 0.271 e. The Hall–Kier alpha value is -4.35. The second-order valence-electron chi connectivity index (χ2n) is 8.88. The normalized spacial score (nSPS) is 14.9. The molecule has 0 fully saturated rings. The number of hydrogen-bond acceptors (Lipinski definition) is 8. The molecule has 0 unspecified atom stereocenters. The summed E-state index contributed by atoms with van der Waals surface area (Å²) in [5.74, 6) is -0.168. The van der Waals surface area contributed by atoms with Crippen LogP contribution in [0.4, 0.5) is 5.69 Å². The molecule has 204 valence electrons. The van der Waals surface area contributed by atoms with Crippen molar-refractivity contribution in [2.75, 3.05) is 19.5 Å². The second-order valence-corrected chi connectivity index (χ2v) is 10.8. The van der Waals surface area contributed by atoms with Gasteiger partial charge >= 0.3 is 0 Å². The summed E-state index contributed by atoms with van der Waals surface area (Å²) >= 11 is 4.53. The molecule has 4 aromatic rings. The molecule has 0 saturated heterocycles. The van der Waals surface area contributed by atoms with E-state index >= 15 is 0 Å². The van der Waals surface area contributed by atoms with E-state index in [1.807, 2.05) is 6.07 Å². The third-order valence-electron chi connectivity index (χ3n) is 6.39. The number of halogens is 1. The van der Waals surface area contributed by atoms with Crippen molar-refractivity contribution in [1.82, 2.24) is 4.57 Å². The largest absolute Gasteiger partial charge is 0.504 e. The third kappa shape index (κ3) is 5.01. The monoisotopic (exact) mass is 621 g/mol. The van der Waals surface area contributed by atoms with Gasteiger partial charge in [0.25, 0.3) is 11.5 Å². The molecule has 1 aliphatic rings. The molecule has 5 rings (SSSR count). The SMILES string of the molecule is COc1cc([C@H]2C(C(=O)Nc3ccccc3)=C(C)N=c3s/c(=C\c4cc(Br)cc(OC)c4O)c(=O)n32)ccc1O. The van der Waals surface area contributed by atoms with Crippen LogP contribution < -0.4 is 29.7 Å². The number of nitrogens with zero attached hydrogens (tertiary/aromatic N) is 2. The Balaban J connectivity index is 1.72. The number of benzene rings is 3. The second kappa shape index (κ2) is 11.0. The summed E-state index contributed by atoms with van der Waals surface area (Å²) in [6.07, 6.45) is 1.56. The number of rotatable bonds is 6. The fraction of sp³-hybridized carbons (Fsp3) is 0.138. The quantitative estimate of drug-likeness (QED) is 0.298. The van der Waals surface area contributed by atoms with Crippen molar-refractivity contribution in [3.05, 3.63) is 107 Å². The van der Waals surface area contributed by atoms with Gasteiger partial charge in [0.15, 0.2) is 27.8 Å². The zero-order valence-electron chi connectivity index (χ0n) is 21.6. The van der Waals surface area contributed by atoms with E-state index in [1.54, 1.807) is 61.5 Å². The van der Waals surface area contributed by atoms with Crippen LogP contribution >= 0.6 is 27.3 Å². The molecule has 3 aromatic carbocycles. The summed E-state index contributed by atoms with van der Waals surface area (Å²) < 4.78 is 13.0. The van der Waals surface area contributed by atoms with E-state index in [1.165, 1.54) is 24.9 Å². The van der Waals surface area contributed by atoms with Crippen LogP contribution in [0.15, 0.2) is 86.2 Å². The fourth-order valence-electron chi connectivity index (χ4n) is 4.51. The van der Waals surface area contributed by atoms with Gasteiger partial charge in [-0.25, -0.2) is 4.99 Å². The number of para-hydroxylation sites is 1. The molecule has 40 heavy (non-hydrogen) atoms. The van der Waals surface area contributed by atoms with Crippen molar-refractivity contribution >= 4 is 44.9 Å². The fourth-order valence-corrected chi connectivity index (χ4v) is 6.00. The van der Waals surface area contributed by atoms with Crippen LogP contribution in [0.25, 0.3) is 6.08 Å². The lowest BCUT2D eigenvalue weighted by atomic mass is 9.94. The van der Waals surface area contributed by atoms with E-state index in [0.29, 0.717) is 36.3 Å². The number of nitrogens with one attached hydrogen (secondary N) is 1. The van der Waals surface area contributed by atoms with Gasteiger partial charge in [-0.1, -0.05) is 51.5 Å². The molecule has 0 aliphatic carbocycles. The van der Waals surface area contributed by atoms with Crippen molar-refractivity contribution in [3.8, 4) is 23.0 Å². The number of amides is 1. The smallest absolute Gasteiger partial charge is 0.271 e. The molecular weight excluding hydrogens is 598 g/mol. The molecule has 2 heterocycles. The number of ether oxygens (including phenoxy) is 2. The first-order valence-electron chi connectivity index (χ1n) is 12.0. The Labute approximate surface area is 241 Å². The average Bonchev–Trinajstić information content (AvgIpc) is 3.24. The zero-order valence-corrected chi connectivity index (χ0v) is 24.0. The van der Waals surface area contributed by atoms with Crippen LogP contribution in [0.1, 0.15) is 24.1 Å². The Kier molecular flexibility index (Phi) is 7.51. The van der Waals surface area contributed by atoms with Crippen molar-refractivity contribution in [1.29, 1.82) is 0 Å². The number of allylic oxidation sites excluding steroid dienone is 1. The van der Waals surface area contributed by atoms with E-state index in [-0.39, 0.29) is 28.6 Å². The topological polar surface area (TPSA) is 122 Å². The summed E-state index contributed by atoms with van der Waals surface area (Å²) in [6, 6.07) is 16.1. The summed E-state index contributed by atoms with van der Waals surface area (Å²) in [5.41, 5.74) is 1.80. The van der Waals surface area contributed by atoms with E-state index in [2.05, 4.69) is 26.2 Å². The predicted molar refractivity (Wildman–Crippen MR) is 156 cm³/mol. The van der Waals surface area contributed by atoms with Crippen molar-refractivity contribution < 1.29 is 24.5 Å². The van der Waals surface area contributed by atoms with Crippen molar-refractivity contribution in [2.24, 2.45) is 4.99 Å². The van der Waals surface area contributed by atoms with E-state index in [9.17, 15) is 19.8 Å². The molecule has 0 spiro atoms. The minimum Gasteiger partial charge on any atom is -0.504 e. The molecular formula is C29H24BrN3O6S. The standard InChI is InChI=1S/C29H24BrN3O6S/c1-15-24(27(36)32-19-7-5-4-6-8-19)25(16-9-10-20(34)21(12-16)38-2)33-28(37)23(40-29(33)31-15)13-17-11-18(30)14-22(39-3)26(17)35/h4-14,25,34-35H,1-3H3,(H,32,36)/b23-13-/t25-/m0/s1. The number of aromatic nitrogens is 1. The number of hydrogen-bond donors (Lipinski definition) is 3. The van der Waals surface area contributed by atoms with Crippen molar-refractivity contribution in [3.63, 3.8) is 0 Å². The number of thiazole rings is 1. The van der Waals surface area contributed by atoms with E-state index in [0.717, 1.165) is 11.3 Å². The predicted octanol–water partition coefficient (Wildman–Crippen LogP) is 4.06. The van der Waals surface area contributed by atoms with Crippen LogP contribution in [0.2, 0.25) is 0 Å². The minimum absolute atomic E-state index is 0.0753. The molecule has 1 aromatic heterocycles. The van der Waals surface area contributed by atoms with Gasteiger partial charge < -0.3 is 25.0 Å². The molecule has 0 saturated carbocycles. The minimum atomic E-state index is -0.873. The van der Waals surface area contributed by atoms with Gasteiger partial charge in [0.1, 0.15) is 0 Å². The van der Waals surface area contributed by atoms with Gasteiger partial charge in [0.2, 0.25) is 0 Å². The highest BCUT2D eigenvalue weighted by Crippen LogP contribution is 2.36. The van der Waals surface area contributed by atoms with Gasteiger partial charge in [-0.3, -0.25) is 14.2 Å². The Bertz CT molecular complexity index is 1850. The number of aromatic hydroxyl groups is 2. The maximum atomic E-state index is 13.9. The zero-order chi connectivity index (χ0) is 28.6. The van der Waals surface area contributed by atoms with E-state index < -0.39 is 17.5 Å². The lowest BCUT2D eigenvalue weighted by Gasteiger charge is -2.25. The average molecular weight is 622 g/mol. The first kappa shape index (κ1) is 27.2. The van der Waals surface area contributed by atoms with Gasteiger partial charge in [0, 0.05) is 15.7 Å². The Morgan fingerprint density at radius 1 is 1.07 bits per heavy atom. The third-order valence-corrected chi connectivity index (χ3v) is 7.83. The highest BCUT2D eigenvalue weighted by atomic mass is 79.9. The molecule has 0 radical (unpaired) electrons. The molecule has 11 heteroatoms. The van der Waals surface area contributed by atoms with Gasteiger partial charge in [-0.2, -0.15) is 0 Å². The molecule has 0 bridgehead atoms. The number of anilines is 1. The van der Waals surface area contributed by atoms with Crippen LogP contribution in [-0.4, -0.2) is 34.9 Å². The summed E-state index contributed by atoms with van der Waals surface area (Å²) in [6.45, 7) is 1.71. The van der Waals surface area contributed by atoms with Crippen LogP contribution in [0.5, 0.6) is 23.0 Å². The lowest BCUT2D eigenvalue weighted by Crippen LogP contribution is -2.40.